The minimum Gasteiger partial charge on any atom is -0.494 e. The summed E-state index contributed by atoms with van der Waals surface area (Å²) in [4.78, 5) is 15.8. The fourth-order valence-electron chi connectivity index (χ4n) is 4.41. The van der Waals surface area contributed by atoms with E-state index >= 15 is 0 Å². The van der Waals surface area contributed by atoms with Crippen LogP contribution in [0.1, 0.15) is 36.6 Å². The highest BCUT2D eigenvalue weighted by molar-refractivity contribution is 8.26. The largest absolute Gasteiger partial charge is 0.494 e. The lowest BCUT2D eigenvalue weighted by Crippen LogP contribution is -2.30. The molecule has 3 aromatic carbocycles. The topological polar surface area (TPSA) is 47.4 Å². The maximum absolute atomic E-state index is 13.5. The zero-order valence-corrected chi connectivity index (χ0v) is 22.6. The third-order valence-electron chi connectivity index (χ3n) is 6.31. The lowest BCUT2D eigenvalue weighted by Gasteiger charge is -2.23. The minimum absolute atomic E-state index is 0.0896. The molecule has 0 N–H and O–H groups in total. The first-order valence-corrected chi connectivity index (χ1v) is 13.4. The van der Waals surface area contributed by atoms with Gasteiger partial charge < -0.3 is 4.74 Å². The van der Waals surface area contributed by atoms with Gasteiger partial charge in [-0.25, -0.2) is 4.68 Å². The number of aromatic nitrogens is 2. The van der Waals surface area contributed by atoms with Crippen molar-refractivity contribution < 1.29 is 9.53 Å². The summed E-state index contributed by atoms with van der Waals surface area (Å²) in [6, 6.07) is 25.8. The van der Waals surface area contributed by atoms with Crippen molar-refractivity contribution in [3.05, 3.63) is 107 Å². The molecule has 5 rings (SSSR count). The van der Waals surface area contributed by atoms with Crippen LogP contribution in [0.2, 0.25) is 0 Å². The summed E-state index contributed by atoms with van der Waals surface area (Å²) < 4.78 is 8.09. The molecule has 0 radical (unpaired) electrons. The van der Waals surface area contributed by atoms with E-state index in [1.165, 1.54) is 11.8 Å². The highest BCUT2D eigenvalue weighted by atomic mass is 32.2. The van der Waals surface area contributed by atoms with Crippen LogP contribution < -0.4 is 4.74 Å². The Kier molecular flexibility index (Phi) is 7.26. The molecule has 0 bridgehead atoms. The molecule has 1 aliphatic rings. The molecule has 1 aliphatic heterocycles. The van der Waals surface area contributed by atoms with Crippen LogP contribution >= 0.6 is 24.0 Å². The molecular weight excluding hydrogens is 498 g/mol. The number of thioether (sulfide) groups is 1. The summed E-state index contributed by atoms with van der Waals surface area (Å²) in [7, 11) is 0. The Bertz CT molecular complexity index is 1480. The molecule has 1 amide bonds. The smallest absolute Gasteiger partial charge is 0.266 e. The molecule has 1 fully saturated rings. The molecule has 5 nitrogen and oxygen atoms in total. The van der Waals surface area contributed by atoms with Crippen molar-refractivity contribution in [3.63, 3.8) is 0 Å². The van der Waals surface area contributed by atoms with Crippen molar-refractivity contribution in [2.75, 3.05) is 6.61 Å². The summed E-state index contributed by atoms with van der Waals surface area (Å²) in [5.41, 5.74) is 5.66. The number of nitrogens with zero attached hydrogens (tertiary/aromatic N) is 3. The van der Waals surface area contributed by atoms with Gasteiger partial charge in [0.15, 0.2) is 0 Å². The number of rotatable bonds is 7. The molecule has 186 valence electrons. The summed E-state index contributed by atoms with van der Waals surface area (Å²) in [6.45, 7) is 6.63. The molecule has 1 saturated heterocycles. The Hall–Kier alpha value is -3.68. The highest BCUT2D eigenvalue weighted by Crippen LogP contribution is 2.39. The fraction of sp³-hybridized carbons (Fsp3) is 0.167. The highest BCUT2D eigenvalue weighted by Gasteiger charge is 2.36. The predicted octanol–water partition coefficient (Wildman–Crippen LogP) is 7.21. The fourth-order valence-corrected chi connectivity index (χ4v) is 5.82. The van der Waals surface area contributed by atoms with Crippen LogP contribution in [-0.4, -0.2) is 31.5 Å². The number of hydrogen-bond acceptors (Lipinski definition) is 5. The summed E-state index contributed by atoms with van der Waals surface area (Å²) >= 11 is 6.98. The van der Waals surface area contributed by atoms with Gasteiger partial charge in [0.2, 0.25) is 0 Å². The standard InChI is InChI=1S/C30H27N3O2S2/c1-4-35-25-15-16-26(20(2)17-25)28-23(19-32(31-28)24-13-9-6-10-14-24)18-27-29(34)33(30(36)37-27)21(3)22-11-7-5-8-12-22/h5-19,21H,4H2,1-3H3. The molecule has 1 aromatic heterocycles. The number of amides is 1. The van der Waals surface area contributed by atoms with Crippen molar-refractivity contribution in [2.45, 2.75) is 26.8 Å². The molecular formula is C30H27N3O2S2. The SMILES string of the molecule is CCOc1ccc(-c2nn(-c3ccccc3)cc2C=C2SC(=S)N(C(C)c3ccccc3)C2=O)c(C)c1. The van der Waals surface area contributed by atoms with E-state index in [-0.39, 0.29) is 11.9 Å². The first-order chi connectivity index (χ1) is 18.0. The van der Waals surface area contributed by atoms with Gasteiger partial charge in [0.25, 0.3) is 5.91 Å². The number of carbonyl (C=O) groups is 1. The van der Waals surface area contributed by atoms with Crippen molar-refractivity contribution in [1.29, 1.82) is 0 Å². The van der Waals surface area contributed by atoms with Gasteiger partial charge in [-0.2, -0.15) is 5.10 Å². The van der Waals surface area contributed by atoms with Gasteiger partial charge in [-0.05, 0) is 68.3 Å². The van der Waals surface area contributed by atoms with Crippen molar-refractivity contribution >= 4 is 40.3 Å². The number of carbonyl (C=O) groups excluding carboxylic acids is 1. The Morgan fingerprint density at radius 1 is 1.05 bits per heavy atom. The molecule has 7 heteroatoms. The van der Waals surface area contributed by atoms with Crippen LogP contribution in [-0.2, 0) is 4.79 Å². The lowest BCUT2D eigenvalue weighted by atomic mass is 10.0. The number of thiocarbonyl (C=S) groups is 1. The van der Waals surface area contributed by atoms with E-state index in [0.717, 1.165) is 39.4 Å². The summed E-state index contributed by atoms with van der Waals surface area (Å²) in [6.07, 6.45) is 3.88. The van der Waals surface area contributed by atoms with E-state index in [1.807, 2.05) is 117 Å². The maximum Gasteiger partial charge on any atom is 0.266 e. The van der Waals surface area contributed by atoms with Gasteiger partial charge in [-0.1, -0.05) is 72.5 Å². The monoisotopic (exact) mass is 525 g/mol. The molecule has 37 heavy (non-hydrogen) atoms. The first kappa shape index (κ1) is 25.0. The zero-order chi connectivity index (χ0) is 25.9. The average Bonchev–Trinajstić information content (AvgIpc) is 3.45. The Morgan fingerprint density at radius 2 is 1.76 bits per heavy atom. The number of hydrogen-bond donors (Lipinski definition) is 0. The maximum atomic E-state index is 13.5. The van der Waals surface area contributed by atoms with Gasteiger partial charge in [0.1, 0.15) is 15.8 Å². The van der Waals surface area contributed by atoms with Gasteiger partial charge in [-0.3, -0.25) is 9.69 Å². The van der Waals surface area contributed by atoms with Gasteiger partial charge in [0.05, 0.1) is 23.2 Å². The molecule has 0 aliphatic carbocycles. The minimum atomic E-state index is -0.153. The van der Waals surface area contributed by atoms with Crippen LogP contribution in [0.3, 0.4) is 0 Å². The van der Waals surface area contributed by atoms with E-state index < -0.39 is 0 Å². The average molecular weight is 526 g/mol. The number of para-hydroxylation sites is 1. The number of aryl methyl sites for hydroxylation is 1. The summed E-state index contributed by atoms with van der Waals surface area (Å²) in [5, 5.41) is 4.94. The van der Waals surface area contributed by atoms with Crippen molar-refractivity contribution in [1.82, 2.24) is 14.7 Å². The van der Waals surface area contributed by atoms with Crippen molar-refractivity contribution in [3.8, 4) is 22.7 Å². The summed E-state index contributed by atoms with van der Waals surface area (Å²) in [5.74, 6) is 0.733. The number of benzene rings is 3. The van der Waals surface area contributed by atoms with Crippen LogP contribution in [0.15, 0.2) is 90.0 Å². The second-order valence-corrected chi connectivity index (χ2v) is 10.4. The second-order valence-electron chi connectivity index (χ2n) is 8.76. The lowest BCUT2D eigenvalue weighted by molar-refractivity contribution is -0.123. The first-order valence-electron chi connectivity index (χ1n) is 12.2. The molecule has 1 atom stereocenters. The van der Waals surface area contributed by atoms with Crippen LogP contribution in [0, 0.1) is 6.92 Å². The van der Waals surface area contributed by atoms with Crippen LogP contribution in [0.25, 0.3) is 23.0 Å². The Labute approximate surface area is 226 Å². The van der Waals surface area contributed by atoms with E-state index in [2.05, 4.69) is 0 Å². The second kappa shape index (κ2) is 10.7. The third kappa shape index (κ3) is 5.10. The Balaban J connectivity index is 1.56. The number of ether oxygens (including phenoxy) is 1. The quantitative estimate of drug-likeness (QED) is 0.188. The molecule has 4 aromatic rings. The molecule has 1 unspecified atom stereocenters. The third-order valence-corrected chi connectivity index (χ3v) is 7.64. The Morgan fingerprint density at radius 3 is 2.43 bits per heavy atom. The van der Waals surface area contributed by atoms with Gasteiger partial charge >= 0.3 is 0 Å². The van der Waals surface area contributed by atoms with E-state index in [4.69, 9.17) is 22.1 Å². The van der Waals surface area contributed by atoms with Crippen molar-refractivity contribution in [2.24, 2.45) is 0 Å². The molecule has 2 heterocycles. The zero-order valence-electron chi connectivity index (χ0n) is 20.9. The normalized spacial score (nSPS) is 15.4. The van der Waals surface area contributed by atoms with Gasteiger partial charge in [-0.15, -0.1) is 0 Å². The predicted molar refractivity (Wildman–Crippen MR) is 155 cm³/mol. The van der Waals surface area contributed by atoms with E-state index in [1.54, 1.807) is 4.90 Å². The van der Waals surface area contributed by atoms with Gasteiger partial charge in [0, 0.05) is 17.3 Å². The molecule has 0 saturated carbocycles. The molecule has 0 spiro atoms. The van der Waals surface area contributed by atoms with E-state index in [9.17, 15) is 4.79 Å². The van der Waals surface area contributed by atoms with Crippen LogP contribution in [0.4, 0.5) is 0 Å². The van der Waals surface area contributed by atoms with Crippen LogP contribution in [0.5, 0.6) is 5.75 Å². The van der Waals surface area contributed by atoms with E-state index in [0.29, 0.717) is 15.8 Å².